The second-order valence-electron chi connectivity index (χ2n) is 4.39. The van der Waals surface area contributed by atoms with Crippen LogP contribution in [0.2, 0.25) is 0 Å². The molecule has 0 spiro atoms. The van der Waals surface area contributed by atoms with Crippen LogP contribution < -0.4 is 15.2 Å². The highest BCUT2D eigenvalue weighted by molar-refractivity contribution is 5.63. The molecular weight excluding hydrogens is 245 g/mol. The van der Waals surface area contributed by atoms with Crippen LogP contribution in [-0.4, -0.2) is 6.10 Å². The first-order chi connectivity index (χ1) is 9.06. The molecule has 2 aromatic rings. The molecule has 2 rings (SSSR count). The minimum absolute atomic E-state index is 0.0309. The molecule has 0 radical (unpaired) electrons. The Morgan fingerprint density at radius 3 is 2.26 bits per heavy atom. The first-order valence-electron chi connectivity index (χ1n) is 6.05. The molecule has 0 saturated carbocycles. The first-order valence-corrected chi connectivity index (χ1v) is 6.05. The molecular formula is C15H16FNO2. The van der Waals surface area contributed by atoms with E-state index >= 15 is 0 Å². The Morgan fingerprint density at radius 1 is 1.00 bits per heavy atom. The van der Waals surface area contributed by atoms with Gasteiger partial charge in [0.15, 0.2) is 5.75 Å². The van der Waals surface area contributed by atoms with Crippen molar-refractivity contribution in [1.29, 1.82) is 0 Å². The predicted molar refractivity (Wildman–Crippen MR) is 73.1 cm³/mol. The molecule has 0 aromatic heterocycles. The average molecular weight is 261 g/mol. The van der Waals surface area contributed by atoms with Crippen molar-refractivity contribution in [3.05, 3.63) is 48.3 Å². The molecule has 0 aliphatic carbocycles. The zero-order valence-electron chi connectivity index (χ0n) is 10.9. The fraction of sp³-hybridized carbons (Fsp3) is 0.200. The number of para-hydroxylation sites is 1. The SMILES string of the molecule is CC(C)Oc1cccc(Oc2ccc(F)cc2)c1N. The van der Waals surface area contributed by atoms with Crippen molar-refractivity contribution in [2.24, 2.45) is 0 Å². The van der Waals surface area contributed by atoms with Crippen molar-refractivity contribution in [3.8, 4) is 17.2 Å². The van der Waals surface area contributed by atoms with E-state index < -0.39 is 0 Å². The minimum atomic E-state index is -0.308. The molecule has 0 heterocycles. The summed E-state index contributed by atoms with van der Waals surface area (Å²) in [5.41, 5.74) is 6.42. The van der Waals surface area contributed by atoms with Crippen LogP contribution in [0, 0.1) is 5.82 Å². The van der Waals surface area contributed by atoms with Crippen LogP contribution in [0.3, 0.4) is 0 Å². The van der Waals surface area contributed by atoms with Crippen LogP contribution in [0.25, 0.3) is 0 Å². The Labute approximate surface area is 111 Å². The molecule has 19 heavy (non-hydrogen) atoms. The second-order valence-corrected chi connectivity index (χ2v) is 4.39. The molecule has 2 aromatic carbocycles. The molecule has 0 aliphatic rings. The Bertz CT molecular complexity index is 553. The normalized spacial score (nSPS) is 10.5. The standard InChI is InChI=1S/C15H16FNO2/c1-10(2)18-13-4-3-5-14(15(13)17)19-12-8-6-11(16)7-9-12/h3-10H,17H2,1-2H3. The van der Waals surface area contributed by atoms with Gasteiger partial charge in [-0.1, -0.05) is 6.07 Å². The molecule has 0 atom stereocenters. The van der Waals surface area contributed by atoms with Crippen LogP contribution in [0.15, 0.2) is 42.5 Å². The van der Waals surface area contributed by atoms with E-state index in [1.165, 1.54) is 12.1 Å². The molecule has 0 saturated heterocycles. The Balaban J connectivity index is 2.23. The summed E-state index contributed by atoms with van der Waals surface area (Å²) in [5.74, 6) is 1.28. The van der Waals surface area contributed by atoms with Gasteiger partial charge in [0.05, 0.1) is 6.10 Å². The molecule has 100 valence electrons. The third-order valence-electron chi connectivity index (χ3n) is 2.43. The summed E-state index contributed by atoms with van der Waals surface area (Å²) in [6.07, 6.45) is 0.0309. The summed E-state index contributed by atoms with van der Waals surface area (Å²) in [6.45, 7) is 3.85. The van der Waals surface area contributed by atoms with E-state index in [0.29, 0.717) is 22.9 Å². The maximum atomic E-state index is 12.8. The lowest BCUT2D eigenvalue weighted by Gasteiger charge is -2.15. The maximum Gasteiger partial charge on any atom is 0.154 e. The fourth-order valence-electron chi connectivity index (χ4n) is 1.60. The Morgan fingerprint density at radius 2 is 1.63 bits per heavy atom. The quantitative estimate of drug-likeness (QED) is 0.846. The molecule has 2 N–H and O–H groups in total. The fourth-order valence-corrected chi connectivity index (χ4v) is 1.60. The highest BCUT2D eigenvalue weighted by Crippen LogP contribution is 2.34. The van der Waals surface area contributed by atoms with Crippen molar-refractivity contribution in [2.75, 3.05) is 5.73 Å². The molecule has 0 aliphatic heterocycles. The molecule has 0 amide bonds. The summed E-state index contributed by atoms with van der Waals surface area (Å²) in [7, 11) is 0. The van der Waals surface area contributed by atoms with Gasteiger partial charge in [-0.05, 0) is 50.2 Å². The van der Waals surface area contributed by atoms with Gasteiger partial charge in [-0.25, -0.2) is 4.39 Å². The van der Waals surface area contributed by atoms with Crippen LogP contribution >= 0.6 is 0 Å². The lowest BCUT2D eigenvalue weighted by atomic mass is 10.2. The number of halogens is 1. The number of ether oxygens (including phenoxy) is 2. The lowest BCUT2D eigenvalue weighted by Crippen LogP contribution is -2.07. The monoisotopic (exact) mass is 261 g/mol. The van der Waals surface area contributed by atoms with Crippen LogP contribution in [0.5, 0.6) is 17.2 Å². The van der Waals surface area contributed by atoms with Gasteiger partial charge in [0.1, 0.15) is 23.0 Å². The zero-order valence-corrected chi connectivity index (χ0v) is 10.9. The first kappa shape index (κ1) is 13.2. The van der Waals surface area contributed by atoms with Crippen molar-refractivity contribution in [1.82, 2.24) is 0 Å². The summed E-state index contributed by atoms with van der Waals surface area (Å²) in [6, 6.07) is 11.1. The van der Waals surface area contributed by atoms with Crippen molar-refractivity contribution in [3.63, 3.8) is 0 Å². The highest BCUT2D eigenvalue weighted by atomic mass is 19.1. The number of nitrogen functional groups attached to an aromatic ring is 1. The Kier molecular flexibility index (Phi) is 3.90. The number of hydrogen-bond acceptors (Lipinski definition) is 3. The van der Waals surface area contributed by atoms with Gasteiger partial charge in [-0.3, -0.25) is 0 Å². The maximum absolute atomic E-state index is 12.8. The van der Waals surface area contributed by atoms with Crippen LogP contribution in [0.1, 0.15) is 13.8 Å². The Hall–Kier alpha value is -2.23. The summed E-state index contributed by atoms with van der Waals surface area (Å²) >= 11 is 0. The molecule has 4 heteroatoms. The summed E-state index contributed by atoms with van der Waals surface area (Å²) < 4.78 is 24.0. The summed E-state index contributed by atoms with van der Waals surface area (Å²) in [4.78, 5) is 0. The van der Waals surface area contributed by atoms with E-state index in [2.05, 4.69) is 0 Å². The molecule has 0 fully saturated rings. The van der Waals surface area contributed by atoms with E-state index in [9.17, 15) is 4.39 Å². The number of benzene rings is 2. The molecule has 0 bridgehead atoms. The number of anilines is 1. The van der Waals surface area contributed by atoms with Gasteiger partial charge in [0.2, 0.25) is 0 Å². The number of hydrogen-bond donors (Lipinski definition) is 1. The van der Waals surface area contributed by atoms with E-state index in [1.807, 2.05) is 13.8 Å². The smallest absolute Gasteiger partial charge is 0.154 e. The van der Waals surface area contributed by atoms with Gasteiger partial charge in [0.25, 0.3) is 0 Å². The van der Waals surface area contributed by atoms with E-state index in [1.54, 1.807) is 30.3 Å². The van der Waals surface area contributed by atoms with Gasteiger partial charge < -0.3 is 15.2 Å². The zero-order chi connectivity index (χ0) is 13.8. The van der Waals surface area contributed by atoms with E-state index in [4.69, 9.17) is 15.2 Å². The lowest BCUT2D eigenvalue weighted by molar-refractivity contribution is 0.243. The van der Waals surface area contributed by atoms with E-state index in [-0.39, 0.29) is 11.9 Å². The van der Waals surface area contributed by atoms with Gasteiger partial charge in [-0.2, -0.15) is 0 Å². The van der Waals surface area contributed by atoms with Gasteiger partial charge >= 0.3 is 0 Å². The topological polar surface area (TPSA) is 44.5 Å². The third-order valence-corrected chi connectivity index (χ3v) is 2.43. The largest absolute Gasteiger partial charge is 0.489 e. The van der Waals surface area contributed by atoms with Crippen LogP contribution in [-0.2, 0) is 0 Å². The van der Waals surface area contributed by atoms with Crippen LogP contribution in [0.4, 0.5) is 10.1 Å². The van der Waals surface area contributed by atoms with Gasteiger partial charge in [-0.15, -0.1) is 0 Å². The highest BCUT2D eigenvalue weighted by Gasteiger charge is 2.09. The van der Waals surface area contributed by atoms with Gasteiger partial charge in [0, 0.05) is 0 Å². The average Bonchev–Trinajstić information content (AvgIpc) is 2.36. The predicted octanol–water partition coefficient (Wildman–Crippen LogP) is 3.99. The second kappa shape index (κ2) is 5.61. The third kappa shape index (κ3) is 3.37. The van der Waals surface area contributed by atoms with Crippen molar-refractivity contribution >= 4 is 5.69 Å². The summed E-state index contributed by atoms with van der Waals surface area (Å²) in [5, 5.41) is 0. The van der Waals surface area contributed by atoms with Crippen molar-refractivity contribution < 1.29 is 13.9 Å². The minimum Gasteiger partial charge on any atom is -0.489 e. The number of rotatable bonds is 4. The molecule has 3 nitrogen and oxygen atoms in total. The van der Waals surface area contributed by atoms with E-state index in [0.717, 1.165) is 0 Å². The van der Waals surface area contributed by atoms with Crippen molar-refractivity contribution in [2.45, 2.75) is 20.0 Å². The molecule has 0 unspecified atom stereocenters. The number of nitrogens with two attached hydrogens (primary N) is 1.